The zero-order valence-corrected chi connectivity index (χ0v) is 10.8. The van der Waals surface area contributed by atoms with E-state index in [0.29, 0.717) is 12.2 Å². The van der Waals surface area contributed by atoms with Crippen molar-refractivity contribution in [3.63, 3.8) is 0 Å². The van der Waals surface area contributed by atoms with Gasteiger partial charge in [-0.15, -0.1) is 0 Å². The molecule has 0 bridgehead atoms. The summed E-state index contributed by atoms with van der Waals surface area (Å²) in [5.74, 6) is -0.0836. The highest BCUT2D eigenvalue weighted by Crippen LogP contribution is 2.28. The van der Waals surface area contributed by atoms with Gasteiger partial charge in [-0.2, -0.15) is 0 Å². The normalized spacial score (nSPS) is 10.7. The topological polar surface area (TPSA) is 32.3 Å². The van der Waals surface area contributed by atoms with Crippen LogP contribution in [0, 0.1) is 5.82 Å². The predicted molar refractivity (Wildman–Crippen MR) is 79.3 cm³/mol. The van der Waals surface area contributed by atoms with Crippen molar-refractivity contribution in [1.29, 1.82) is 0 Å². The summed E-state index contributed by atoms with van der Waals surface area (Å²) in [5, 5.41) is 15.1. The van der Waals surface area contributed by atoms with Crippen molar-refractivity contribution < 1.29 is 9.50 Å². The molecular weight excluding hydrogens is 253 g/mol. The van der Waals surface area contributed by atoms with Crippen LogP contribution in [0.15, 0.2) is 60.7 Å². The number of phenols is 1. The number of hydrogen-bond acceptors (Lipinski definition) is 2. The summed E-state index contributed by atoms with van der Waals surface area (Å²) in [6.45, 7) is 0.369. The van der Waals surface area contributed by atoms with Crippen LogP contribution in [0.2, 0.25) is 0 Å². The minimum atomic E-state index is -0.299. The molecule has 0 atom stereocenters. The number of para-hydroxylation sites is 1. The number of aromatic hydroxyl groups is 1. The van der Waals surface area contributed by atoms with E-state index in [1.807, 2.05) is 30.3 Å². The SMILES string of the molecule is Oc1ccc2ccccc2c1CNc1ccccc1F. The van der Waals surface area contributed by atoms with Gasteiger partial charge in [0, 0.05) is 12.1 Å². The molecular formula is C17H14FNO. The van der Waals surface area contributed by atoms with Gasteiger partial charge in [0.25, 0.3) is 0 Å². The molecule has 3 aromatic carbocycles. The zero-order valence-electron chi connectivity index (χ0n) is 10.8. The molecule has 2 N–H and O–H groups in total. The number of anilines is 1. The molecule has 0 heterocycles. The Morgan fingerprint density at radius 1 is 0.900 bits per heavy atom. The smallest absolute Gasteiger partial charge is 0.146 e. The Morgan fingerprint density at radius 3 is 2.50 bits per heavy atom. The Balaban J connectivity index is 1.95. The first-order chi connectivity index (χ1) is 9.75. The van der Waals surface area contributed by atoms with E-state index < -0.39 is 0 Å². The van der Waals surface area contributed by atoms with Gasteiger partial charge in [-0.05, 0) is 29.0 Å². The van der Waals surface area contributed by atoms with Crippen molar-refractivity contribution in [2.24, 2.45) is 0 Å². The molecule has 0 aliphatic carbocycles. The van der Waals surface area contributed by atoms with Gasteiger partial charge in [0.15, 0.2) is 0 Å². The molecule has 0 unspecified atom stereocenters. The molecule has 0 saturated heterocycles. The fraction of sp³-hybridized carbons (Fsp3) is 0.0588. The lowest BCUT2D eigenvalue weighted by Gasteiger charge is -2.11. The number of benzene rings is 3. The van der Waals surface area contributed by atoms with Crippen molar-refractivity contribution >= 4 is 16.5 Å². The summed E-state index contributed by atoms with van der Waals surface area (Å²) in [5.41, 5.74) is 1.20. The molecule has 2 nitrogen and oxygen atoms in total. The Labute approximate surface area is 116 Å². The molecule has 3 heteroatoms. The quantitative estimate of drug-likeness (QED) is 0.741. The van der Waals surface area contributed by atoms with E-state index in [9.17, 15) is 9.50 Å². The van der Waals surface area contributed by atoms with Crippen molar-refractivity contribution in [3.8, 4) is 5.75 Å². The van der Waals surface area contributed by atoms with Crippen LogP contribution in [0.1, 0.15) is 5.56 Å². The van der Waals surface area contributed by atoms with E-state index in [4.69, 9.17) is 0 Å². The minimum absolute atomic E-state index is 0.215. The number of rotatable bonds is 3. The second kappa shape index (κ2) is 5.21. The van der Waals surface area contributed by atoms with Crippen molar-refractivity contribution in [1.82, 2.24) is 0 Å². The number of nitrogens with one attached hydrogen (secondary N) is 1. The van der Waals surface area contributed by atoms with Crippen LogP contribution in [0.25, 0.3) is 10.8 Å². The van der Waals surface area contributed by atoms with Gasteiger partial charge in [-0.1, -0.05) is 42.5 Å². The highest BCUT2D eigenvalue weighted by atomic mass is 19.1. The Kier molecular flexibility index (Phi) is 3.25. The van der Waals surface area contributed by atoms with Crippen LogP contribution >= 0.6 is 0 Å². The molecule has 0 aliphatic heterocycles. The third kappa shape index (κ3) is 2.30. The molecule has 3 aromatic rings. The first kappa shape index (κ1) is 12.5. The maximum absolute atomic E-state index is 13.6. The van der Waals surface area contributed by atoms with Gasteiger partial charge in [-0.25, -0.2) is 4.39 Å². The summed E-state index contributed by atoms with van der Waals surface area (Å²) in [6, 6.07) is 17.9. The van der Waals surface area contributed by atoms with Crippen LogP contribution < -0.4 is 5.32 Å². The Bertz CT molecular complexity index is 755. The third-order valence-corrected chi connectivity index (χ3v) is 3.35. The van der Waals surface area contributed by atoms with Crippen LogP contribution in [-0.2, 0) is 6.54 Å². The largest absolute Gasteiger partial charge is 0.508 e. The summed E-state index contributed by atoms with van der Waals surface area (Å²) >= 11 is 0. The Morgan fingerprint density at radius 2 is 1.65 bits per heavy atom. The average Bonchev–Trinajstić information content (AvgIpc) is 2.48. The molecule has 20 heavy (non-hydrogen) atoms. The second-order valence-corrected chi connectivity index (χ2v) is 4.62. The highest BCUT2D eigenvalue weighted by Gasteiger charge is 2.07. The van der Waals surface area contributed by atoms with Gasteiger partial charge < -0.3 is 10.4 Å². The standard InChI is InChI=1S/C17H14FNO/c18-15-7-3-4-8-16(15)19-11-14-13-6-2-1-5-12(13)9-10-17(14)20/h1-10,19-20H,11H2. The third-order valence-electron chi connectivity index (χ3n) is 3.35. The fourth-order valence-electron chi connectivity index (χ4n) is 2.30. The van der Waals surface area contributed by atoms with Gasteiger partial charge in [0.2, 0.25) is 0 Å². The van der Waals surface area contributed by atoms with Crippen LogP contribution in [0.5, 0.6) is 5.75 Å². The molecule has 0 spiro atoms. The number of phenolic OH excluding ortho intramolecular Hbond substituents is 1. The second-order valence-electron chi connectivity index (χ2n) is 4.62. The van der Waals surface area contributed by atoms with E-state index in [0.717, 1.165) is 16.3 Å². The first-order valence-corrected chi connectivity index (χ1v) is 6.44. The van der Waals surface area contributed by atoms with Crippen LogP contribution in [0.3, 0.4) is 0 Å². The molecule has 0 aliphatic rings. The monoisotopic (exact) mass is 267 g/mol. The maximum atomic E-state index is 13.6. The van der Waals surface area contributed by atoms with Crippen LogP contribution in [-0.4, -0.2) is 5.11 Å². The lowest BCUT2D eigenvalue weighted by Crippen LogP contribution is -2.02. The zero-order chi connectivity index (χ0) is 13.9. The minimum Gasteiger partial charge on any atom is -0.508 e. The molecule has 0 saturated carbocycles. The summed E-state index contributed by atoms with van der Waals surface area (Å²) in [7, 11) is 0. The molecule has 0 amide bonds. The number of fused-ring (bicyclic) bond motifs is 1. The summed E-state index contributed by atoms with van der Waals surface area (Å²) < 4.78 is 13.6. The molecule has 0 fully saturated rings. The van der Waals surface area contributed by atoms with Gasteiger partial charge in [-0.3, -0.25) is 0 Å². The maximum Gasteiger partial charge on any atom is 0.146 e. The lowest BCUT2D eigenvalue weighted by atomic mass is 10.0. The van der Waals surface area contributed by atoms with E-state index in [1.165, 1.54) is 6.07 Å². The van der Waals surface area contributed by atoms with Crippen molar-refractivity contribution in [3.05, 3.63) is 72.0 Å². The predicted octanol–water partition coefficient (Wildman–Crippen LogP) is 4.30. The van der Waals surface area contributed by atoms with Gasteiger partial charge in [0.05, 0.1) is 5.69 Å². The van der Waals surface area contributed by atoms with Crippen molar-refractivity contribution in [2.45, 2.75) is 6.54 Å². The Hall–Kier alpha value is -2.55. The van der Waals surface area contributed by atoms with Gasteiger partial charge >= 0.3 is 0 Å². The average molecular weight is 267 g/mol. The number of halogens is 1. The van der Waals surface area contributed by atoms with Crippen LogP contribution in [0.4, 0.5) is 10.1 Å². The van der Waals surface area contributed by atoms with E-state index in [1.54, 1.807) is 24.3 Å². The summed E-state index contributed by atoms with van der Waals surface area (Å²) in [4.78, 5) is 0. The molecule has 100 valence electrons. The van der Waals surface area contributed by atoms with Crippen molar-refractivity contribution in [2.75, 3.05) is 5.32 Å². The number of hydrogen-bond donors (Lipinski definition) is 2. The van der Waals surface area contributed by atoms with E-state index >= 15 is 0 Å². The first-order valence-electron chi connectivity index (χ1n) is 6.44. The molecule has 0 aromatic heterocycles. The summed E-state index contributed by atoms with van der Waals surface area (Å²) in [6.07, 6.45) is 0. The fourth-order valence-corrected chi connectivity index (χ4v) is 2.30. The van der Waals surface area contributed by atoms with E-state index in [2.05, 4.69) is 5.32 Å². The molecule has 3 rings (SSSR count). The van der Waals surface area contributed by atoms with E-state index in [-0.39, 0.29) is 11.6 Å². The lowest BCUT2D eigenvalue weighted by molar-refractivity contribution is 0.470. The highest BCUT2D eigenvalue weighted by molar-refractivity contribution is 5.87. The molecule has 0 radical (unpaired) electrons. The van der Waals surface area contributed by atoms with Gasteiger partial charge in [0.1, 0.15) is 11.6 Å².